The van der Waals surface area contributed by atoms with Crippen LogP contribution in [0.25, 0.3) is 11.3 Å². The number of ketones is 1. The van der Waals surface area contributed by atoms with E-state index in [2.05, 4.69) is 10.6 Å². The molecule has 37 heavy (non-hydrogen) atoms. The van der Waals surface area contributed by atoms with Gasteiger partial charge in [0.25, 0.3) is 5.56 Å². The van der Waals surface area contributed by atoms with Gasteiger partial charge in [-0.15, -0.1) is 0 Å². The number of hydrogen-bond donors (Lipinski definition) is 2. The second kappa shape index (κ2) is 11.6. The molecule has 0 fully saturated rings. The van der Waals surface area contributed by atoms with Crippen molar-refractivity contribution in [3.8, 4) is 11.3 Å². The molecule has 1 amide bonds. The fraction of sp³-hybridized carbons (Fsp3) is 0.167. The number of aromatic nitrogens is 1. The lowest BCUT2D eigenvalue weighted by Crippen LogP contribution is -2.39. The van der Waals surface area contributed by atoms with Crippen molar-refractivity contribution in [3.63, 3.8) is 0 Å². The Morgan fingerprint density at radius 1 is 0.892 bits per heavy atom. The summed E-state index contributed by atoms with van der Waals surface area (Å²) in [4.78, 5) is 39.2. The second-order valence-electron chi connectivity index (χ2n) is 8.66. The summed E-state index contributed by atoms with van der Waals surface area (Å²) in [6.45, 7) is 2.07. The number of hydrogen-bond acceptors (Lipinski definition) is 4. The van der Waals surface area contributed by atoms with Gasteiger partial charge in [0, 0.05) is 11.1 Å². The van der Waals surface area contributed by atoms with Gasteiger partial charge in [-0.25, -0.2) is 4.39 Å². The van der Waals surface area contributed by atoms with Gasteiger partial charge in [-0.1, -0.05) is 55.5 Å². The van der Waals surface area contributed by atoms with E-state index in [9.17, 15) is 18.8 Å². The number of amides is 1. The summed E-state index contributed by atoms with van der Waals surface area (Å²) in [5.41, 5.74) is 2.89. The van der Waals surface area contributed by atoms with Gasteiger partial charge >= 0.3 is 0 Å². The minimum Gasteiger partial charge on any atom is -0.320 e. The molecule has 1 atom stereocenters. The van der Waals surface area contributed by atoms with E-state index in [0.717, 1.165) is 11.1 Å². The molecule has 0 aliphatic heterocycles. The highest BCUT2D eigenvalue weighted by Crippen LogP contribution is 2.21. The quantitative estimate of drug-likeness (QED) is 0.324. The molecule has 0 bridgehead atoms. The summed E-state index contributed by atoms with van der Waals surface area (Å²) < 4.78 is 14.9. The minimum atomic E-state index is -0.421. The predicted molar refractivity (Wildman–Crippen MR) is 143 cm³/mol. The summed E-state index contributed by atoms with van der Waals surface area (Å²) in [5.74, 6) is -0.936. The van der Waals surface area contributed by atoms with Crippen LogP contribution in [0.3, 0.4) is 0 Å². The highest BCUT2D eigenvalue weighted by Gasteiger charge is 2.18. The average molecular weight is 498 g/mol. The van der Waals surface area contributed by atoms with E-state index >= 15 is 0 Å². The first-order chi connectivity index (χ1) is 17.9. The first-order valence-electron chi connectivity index (χ1n) is 12.1. The van der Waals surface area contributed by atoms with Crippen LogP contribution in [0.15, 0.2) is 95.8 Å². The number of anilines is 1. The van der Waals surface area contributed by atoms with Crippen molar-refractivity contribution >= 4 is 17.4 Å². The molecular weight excluding hydrogens is 469 g/mol. The Kier molecular flexibility index (Phi) is 8.05. The maximum atomic E-state index is 13.6. The zero-order chi connectivity index (χ0) is 26.4. The van der Waals surface area contributed by atoms with Crippen molar-refractivity contribution in [2.45, 2.75) is 25.9 Å². The molecular formula is C30H28FN3O3. The van der Waals surface area contributed by atoms with Crippen LogP contribution in [-0.2, 0) is 11.3 Å². The number of carbonyl (C=O) groups excluding carboxylic acids is 2. The average Bonchev–Trinajstić information content (AvgIpc) is 2.92. The molecule has 1 aromatic heterocycles. The molecule has 4 aromatic rings. The van der Waals surface area contributed by atoms with Crippen LogP contribution in [0.4, 0.5) is 10.1 Å². The van der Waals surface area contributed by atoms with Gasteiger partial charge < -0.3 is 15.2 Å². The zero-order valence-corrected chi connectivity index (χ0v) is 20.7. The van der Waals surface area contributed by atoms with E-state index in [1.165, 1.54) is 24.3 Å². The fourth-order valence-electron chi connectivity index (χ4n) is 4.19. The number of rotatable bonds is 9. The lowest BCUT2D eigenvalue weighted by Gasteiger charge is -2.18. The smallest absolute Gasteiger partial charge is 0.275 e. The lowest BCUT2D eigenvalue weighted by atomic mass is 10.0. The van der Waals surface area contributed by atoms with Gasteiger partial charge in [0.05, 0.1) is 18.3 Å². The molecule has 0 unspecified atom stereocenters. The first-order valence-corrected chi connectivity index (χ1v) is 12.1. The molecule has 0 radical (unpaired) electrons. The van der Waals surface area contributed by atoms with Crippen molar-refractivity contribution < 1.29 is 14.0 Å². The number of likely N-dealkylation sites (N-methyl/N-ethyl adjacent to an activating group) is 1. The highest BCUT2D eigenvalue weighted by atomic mass is 19.1. The van der Waals surface area contributed by atoms with E-state index in [1.807, 2.05) is 43.3 Å². The van der Waals surface area contributed by atoms with Crippen molar-refractivity contribution in [3.05, 3.63) is 124 Å². The number of benzene rings is 3. The Balaban J connectivity index is 1.72. The van der Waals surface area contributed by atoms with Gasteiger partial charge in [-0.3, -0.25) is 14.4 Å². The van der Waals surface area contributed by atoms with Crippen LogP contribution >= 0.6 is 0 Å². The Bertz CT molecular complexity index is 1460. The monoisotopic (exact) mass is 497 g/mol. The number of halogens is 1. The lowest BCUT2D eigenvalue weighted by molar-refractivity contribution is -0.118. The van der Waals surface area contributed by atoms with Crippen LogP contribution in [0.2, 0.25) is 0 Å². The van der Waals surface area contributed by atoms with E-state index in [-0.39, 0.29) is 29.5 Å². The molecule has 3 aromatic carbocycles. The van der Waals surface area contributed by atoms with Crippen LogP contribution in [0.5, 0.6) is 0 Å². The molecule has 0 aliphatic rings. The Hall–Kier alpha value is -4.36. The van der Waals surface area contributed by atoms with Crippen LogP contribution in [0, 0.1) is 5.82 Å². The summed E-state index contributed by atoms with van der Waals surface area (Å²) >= 11 is 0. The maximum Gasteiger partial charge on any atom is 0.275 e. The molecule has 7 heteroatoms. The van der Waals surface area contributed by atoms with Crippen molar-refractivity contribution in [1.82, 2.24) is 9.88 Å². The number of carbonyl (C=O) groups is 2. The van der Waals surface area contributed by atoms with Crippen LogP contribution in [0.1, 0.15) is 34.8 Å². The Labute approximate surface area is 214 Å². The normalized spacial score (nSPS) is 11.6. The van der Waals surface area contributed by atoms with E-state index in [4.69, 9.17) is 0 Å². The van der Waals surface area contributed by atoms with E-state index < -0.39 is 11.9 Å². The van der Waals surface area contributed by atoms with E-state index in [1.54, 1.807) is 41.9 Å². The largest absolute Gasteiger partial charge is 0.320 e. The summed E-state index contributed by atoms with van der Waals surface area (Å²) in [7, 11) is 1.70. The molecule has 1 heterocycles. The number of pyridine rings is 1. The Morgan fingerprint density at radius 2 is 1.62 bits per heavy atom. The van der Waals surface area contributed by atoms with Gasteiger partial charge in [-0.2, -0.15) is 0 Å². The number of nitrogens with one attached hydrogen (secondary N) is 2. The molecule has 0 saturated carbocycles. The van der Waals surface area contributed by atoms with Gasteiger partial charge in [0.1, 0.15) is 11.5 Å². The van der Waals surface area contributed by atoms with Gasteiger partial charge in [0.15, 0.2) is 5.78 Å². The molecule has 6 nitrogen and oxygen atoms in total. The van der Waals surface area contributed by atoms with Crippen LogP contribution in [-0.4, -0.2) is 29.3 Å². The van der Waals surface area contributed by atoms with Crippen molar-refractivity contribution in [2.75, 3.05) is 12.4 Å². The summed E-state index contributed by atoms with van der Waals surface area (Å²) in [6.07, 6.45) is 0.577. The maximum absolute atomic E-state index is 13.6. The first kappa shape index (κ1) is 25.7. The molecule has 4 rings (SSSR count). The third kappa shape index (κ3) is 5.90. The predicted octanol–water partition coefficient (Wildman–Crippen LogP) is 4.87. The topological polar surface area (TPSA) is 80.2 Å². The van der Waals surface area contributed by atoms with Crippen molar-refractivity contribution in [2.24, 2.45) is 0 Å². The highest BCUT2D eigenvalue weighted by molar-refractivity contribution is 6.09. The molecule has 188 valence electrons. The minimum absolute atomic E-state index is 0.178. The molecule has 0 saturated heterocycles. The van der Waals surface area contributed by atoms with Gasteiger partial charge in [0.2, 0.25) is 5.91 Å². The fourth-order valence-corrected chi connectivity index (χ4v) is 4.19. The molecule has 0 aliphatic carbocycles. The third-order valence-electron chi connectivity index (χ3n) is 6.21. The summed E-state index contributed by atoms with van der Waals surface area (Å²) in [6, 6.07) is 24.9. The second-order valence-corrected chi connectivity index (χ2v) is 8.66. The molecule has 2 N–H and O–H groups in total. The van der Waals surface area contributed by atoms with Crippen molar-refractivity contribution in [1.29, 1.82) is 0 Å². The zero-order valence-electron chi connectivity index (χ0n) is 20.7. The summed E-state index contributed by atoms with van der Waals surface area (Å²) in [5, 5.41) is 5.70. The Morgan fingerprint density at radius 3 is 2.30 bits per heavy atom. The number of nitrogens with zero attached hydrogens (tertiary/aromatic N) is 1. The van der Waals surface area contributed by atoms with Gasteiger partial charge in [-0.05, 0) is 67.1 Å². The molecule has 0 spiro atoms. The van der Waals surface area contributed by atoms with E-state index in [0.29, 0.717) is 23.2 Å². The van der Waals surface area contributed by atoms with Crippen LogP contribution < -0.4 is 16.2 Å². The standard InChI is InChI=1S/C30H28FN3O3/c1-3-25(32-2)29(36)33-26-16-17-27(21-9-5-4-6-10-21)34(30(26)37)19-20-8-7-11-23(18-20)28(35)22-12-14-24(31)15-13-22/h4-18,25,32H,3,19H2,1-2H3,(H,33,36)/t25-/m0/s1. The third-order valence-corrected chi connectivity index (χ3v) is 6.21. The SMILES string of the molecule is CC[C@H](NC)C(=O)Nc1ccc(-c2ccccc2)n(Cc2cccc(C(=O)c3ccc(F)cc3)c2)c1=O.